The van der Waals surface area contributed by atoms with Crippen LogP contribution in [0.15, 0.2) is 51.8 Å². The molecule has 0 aromatic heterocycles. The summed E-state index contributed by atoms with van der Waals surface area (Å²) in [7, 11) is -3.63. The molecule has 0 unspecified atom stereocenters. The lowest BCUT2D eigenvalue weighted by Crippen LogP contribution is -2.13. The highest BCUT2D eigenvalue weighted by atomic mass is 79.9. The zero-order valence-corrected chi connectivity index (χ0v) is 14.9. The number of nitrogens with one attached hydrogen (secondary N) is 1. The monoisotopic (exact) mass is 437 g/mol. The Kier molecular flexibility index (Phi) is 5.12. The number of rotatable bonds is 4. The van der Waals surface area contributed by atoms with Crippen LogP contribution in [0.2, 0.25) is 5.02 Å². The average Bonchev–Trinajstić information content (AvgIpc) is 2.43. The molecule has 106 valence electrons. The second kappa shape index (κ2) is 6.47. The van der Waals surface area contributed by atoms with Gasteiger partial charge >= 0.3 is 0 Å². The Morgan fingerprint density at radius 3 is 2.35 bits per heavy atom. The molecule has 0 atom stereocenters. The summed E-state index contributed by atoms with van der Waals surface area (Å²) >= 11 is 12.5. The third kappa shape index (κ3) is 3.75. The van der Waals surface area contributed by atoms with Gasteiger partial charge in [0.25, 0.3) is 10.0 Å². The lowest BCUT2D eigenvalue weighted by molar-refractivity contribution is 0.601. The summed E-state index contributed by atoms with van der Waals surface area (Å²) in [6, 6.07) is 11.6. The maximum Gasteiger partial charge on any atom is 0.261 e. The minimum absolute atomic E-state index is 0.203. The molecule has 2 rings (SSSR count). The fourth-order valence-electron chi connectivity index (χ4n) is 1.54. The van der Waals surface area contributed by atoms with Gasteiger partial charge in [-0.2, -0.15) is 0 Å². The molecule has 0 saturated carbocycles. The molecule has 0 radical (unpaired) electrons. The summed E-state index contributed by atoms with van der Waals surface area (Å²) < 4.78 is 27.7. The minimum atomic E-state index is -3.63. The Morgan fingerprint density at radius 2 is 1.75 bits per heavy atom. The van der Waals surface area contributed by atoms with E-state index in [-0.39, 0.29) is 4.90 Å². The van der Waals surface area contributed by atoms with Gasteiger partial charge in [0, 0.05) is 14.8 Å². The van der Waals surface area contributed by atoms with Crippen LogP contribution in [0.25, 0.3) is 0 Å². The molecule has 0 spiro atoms. The van der Waals surface area contributed by atoms with Gasteiger partial charge < -0.3 is 0 Å². The summed E-state index contributed by atoms with van der Waals surface area (Å²) in [4.78, 5) is 0.203. The summed E-state index contributed by atoms with van der Waals surface area (Å²) in [5, 5.41) is 1.14. The summed E-state index contributed by atoms with van der Waals surface area (Å²) in [6.45, 7) is 0. The van der Waals surface area contributed by atoms with E-state index >= 15 is 0 Å². The van der Waals surface area contributed by atoms with Gasteiger partial charge in [-0.3, -0.25) is 4.72 Å². The Bertz CT molecular complexity index is 718. The maximum atomic E-state index is 12.3. The quantitative estimate of drug-likeness (QED) is 0.696. The van der Waals surface area contributed by atoms with E-state index in [2.05, 4.69) is 36.6 Å². The van der Waals surface area contributed by atoms with E-state index in [0.29, 0.717) is 20.5 Å². The molecule has 0 aliphatic heterocycles. The van der Waals surface area contributed by atoms with E-state index in [0.717, 1.165) is 5.56 Å². The number of alkyl halides is 1. The zero-order valence-electron chi connectivity index (χ0n) is 10.1. The van der Waals surface area contributed by atoms with Crippen molar-refractivity contribution in [3.8, 4) is 0 Å². The molecule has 0 saturated heterocycles. The van der Waals surface area contributed by atoms with Crippen molar-refractivity contribution < 1.29 is 8.42 Å². The molecule has 0 aliphatic carbocycles. The van der Waals surface area contributed by atoms with Gasteiger partial charge in [0.2, 0.25) is 0 Å². The number of halogens is 3. The van der Waals surface area contributed by atoms with Crippen molar-refractivity contribution in [2.75, 3.05) is 4.72 Å². The van der Waals surface area contributed by atoms with Crippen molar-refractivity contribution in [1.29, 1.82) is 0 Å². The first kappa shape index (κ1) is 15.8. The van der Waals surface area contributed by atoms with E-state index in [1.54, 1.807) is 42.5 Å². The predicted molar refractivity (Wildman–Crippen MR) is 89.0 cm³/mol. The largest absolute Gasteiger partial charge is 0.278 e. The number of hydrogen-bond acceptors (Lipinski definition) is 2. The highest BCUT2D eigenvalue weighted by Gasteiger charge is 2.15. The predicted octanol–water partition coefficient (Wildman–Crippen LogP) is 4.80. The van der Waals surface area contributed by atoms with Gasteiger partial charge in [0.05, 0.1) is 10.6 Å². The van der Waals surface area contributed by atoms with Gasteiger partial charge in [0.15, 0.2) is 0 Å². The van der Waals surface area contributed by atoms with Crippen molar-refractivity contribution >= 4 is 59.2 Å². The minimum Gasteiger partial charge on any atom is -0.278 e. The first-order valence-corrected chi connectivity index (χ1v) is 9.33. The molecule has 0 amide bonds. The molecule has 0 bridgehead atoms. The highest BCUT2D eigenvalue weighted by Crippen LogP contribution is 2.28. The SMILES string of the molecule is O=S(=O)(Nc1cc(Cl)ccc1Br)c1ccc(CBr)cc1. The van der Waals surface area contributed by atoms with Crippen LogP contribution in [0.1, 0.15) is 5.56 Å². The van der Waals surface area contributed by atoms with Crippen LogP contribution in [-0.2, 0) is 15.4 Å². The fourth-order valence-corrected chi connectivity index (χ4v) is 3.63. The van der Waals surface area contributed by atoms with Crippen LogP contribution in [0.4, 0.5) is 5.69 Å². The van der Waals surface area contributed by atoms with Crippen LogP contribution >= 0.6 is 43.5 Å². The molecule has 7 heteroatoms. The van der Waals surface area contributed by atoms with Gasteiger partial charge in [-0.15, -0.1) is 0 Å². The second-order valence-electron chi connectivity index (χ2n) is 4.01. The van der Waals surface area contributed by atoms with E-state index in [4.69, 9.17) is 11.6 Å². The third-order valence-corrected chi connectivity index (χ3v) is 5.52. The van der Waals surface area contributed by atoms with Crippen LogP contribution in [0.5, 0.6) is 0 Å². The van der Waals surface area contributed by atoms with Gasteiger partial charge in [-0.25, -0.2) is 8.42 Å². The number of hydrogen-bond donors (Lipinski definition) is 1. The molecule has 0 aliphatic rings. The van der Waals surface area contributed by atoms with E-state index < -0.39 is 10.0 Å². The normalized spacial score (nSPS) is 11.3. The summed E-state index contributed by atoms with van der Waals surface area (Å²) in [5.74, 6) is 0. The van der Waals surface area contributed by atoms with E-state index in [1.165, 1.54) is 0 Å². The summed E-state index contributed by atoms with van der Waals surface area (Å²) in [5.41, 5.74) is 1.41. The van der Waals surface area contributed by atoms with Gasteiger partial charge in [-0.05, 0) is 51.8 Å². The number of sulfonamides is 1. The molecule has 0 heterocycles. The lowest BCUT2D eigenvalue weighted by Gasteiger charge is -2.10. The van der Waals surface area contributed by atoms with Gasteiger partial charge in [0.1, 0.15) is 0 Å². The molecular weight excluding hydrogens is 429 g/mol. The number of anilines is 1. The van der Waals surface area contributed by atoms with Crippen LogP contribution in [0, 0.1) is 0 Å². The average molecular weight is 440 g/mol. The number of benzene rings is 2. The van der Waals surface area contributed by atoms with Crippen molar-refractivity contribution in [2.24, 2.45) is 0 Å². The van der Waals surface area contributed by atoms with Crippen LogP contribution < -0.4 is 4.72 Å². The topological polar surface area (TPSA) is 46.2 Å². The van der Waals surface area contributed by atoms with Crippen molar-refractivity contribution in [3.05, 3.63) is 57.5 Å². The summed E-state index contributed by atoms with van der Waals surface area (Å²) in [6.07, 6.45) is 0. The Morgan fingerprint density at radius 1 is 1.10 bits per heavy atom. The van der Waals surface area contributed by atoms with Crippen molar-refractivity contribution in [3.63, 3.8) is 0 Å². The Hall–Kier alpha value is -0.560. The molecule has 3 nitrogen and oxygen atoms in total. The molecule has 1 N–H and O–H groups in total. The highest BCUT2D eigenvalue weighted by molar-refractivity contribution is 9.10. The molecule has 0 fully saturated rings. The molecular formula is C13H10Br2ClNO2S. The van der Waals surface area contributed by atoms with Crippen molar-refractivity contribution in [2.45, 2.75) is 10.2 Å². The van der Waals surface area contributed by atoms with Crippen LogP contribution in [-0.4, -0.2) is 8.42 Å². The maximum absolute atomic E-state index is 12.3. The van der Waals surface area contributed by atoms with Crippen LogP contribution in [0.3, 0.4) is 0 Å². The Labute approximate surface area is 139 Å². The standard InChI is InChI=1S/C13H10Br2ClNO2S/c14-8-9-1-4-11(5-2-9)20(18,19)17-13-7-10(16)3-6-12(13)15/h1-7,17H,8H2. The Balaban J connectivity index is 2.32. The van der Waals surface area contributed by atoms with Crippen molar-refractivity contribution in [1.82, 2.24) is 0 Å². The smallest absolute Gasteiger partial charge is 0.261 e. The first-order chi connectivity index (χ1) is 9.42. The molecule has 2 aromatic carbocycles. The third-order valence-electron chi connectivity index (χ3n) is 2.56. The zero-order chi connectivity index (χ0) is 14.8. The van der Waals surface area contributed by atoms with E-state index in [1.807, 2.05) is 0 Å². The molecule has 2 aromatic rings. The first-order valence-electron chi connectivity index (χ1n) is 5.55. The second-order valence-corrected chi connectivity index (χ2v) is 7.54. The molecule has 20 heavy (non-hydrogen) atoms. The lowest BCUT2D eigenvalue weighted by atomic mass is 10.2. The van der Waals surface area contributed by atoms with Gasteiger partial charge in [-0.1, -0.05) is 39.7 Å². The fraction of sp³-hybridized carbons (Fsp3) is 0.0769. The van der Waals surface area contributed by atoms with E-state index in [9.17, 15) is 8.42 Å².